The van der Waals surface area contributed by atoms with Crippen molar-refractivity contribution >= 4 is 16.8 Å². The van der Waals surface area contributed by atoms with Crippen molar-refractivity contribution in [3.8, 4) is 5.75 Å². The summed E-state index contributed by atoms with van der Waals surface area (Å²) in [5.74, 6) is 1.33. The van der Waals surface area contributed by atoms with Crippen LogP contribution < -0.4 is 10.5 Å². The van der Waals surface area contributed by atoms with Gasteiger partial charge in [-0.1, -0.05) is 12.1 Å². The van der Waals surface area contributed by atoms with Gasteiger partial charge in [0.05, 0.1) is 5.69 Å². The van der Waals surface area contributed by atoms with Gasteiger partial charge in [0.15, 0.2) is 12.2 Å². The molecule has 3 aromatic rings. The van der Waals surface area contributed by atoms with Gasteiger partial charge in [0, 0.05) is 0 Å². The van der Waals surface area contributed by atoms with Gasteiger partial charge in [0.1, 0.15) is 11.3 Å². The molecule has 0 saturated heterocycles. The molecule has 2 N–H and O–H groups in total. The maximum atomic E-state index is 5.85. The number of hydrogen-bond donors (Lipinski definition) is 1. The van der Waals surface area contributed by atoms with Crippen LogP contribution in [-0.4, -0.2) is 4.98 Å². The van der Waals surface area contributed by atoms with E-state index in [1.54, 1.807) is 6.07 Å². The highest BCUT2D eigenvalue weighted by atomic mass is 16.5. The Hall–Kier alpha value is -2.49. The number of benzene rings is 2. The Balaban J connectivity index is 1.79. The zero-order valence-corrected chi connectivity index (χ0v) is 11.5. The zero-order chi connectivity index (χ0) is 14.1. The highest BCUT2D eigenvalue weighted by Crippen LogP contribution is 2.22. The first-order valence-electron chi connectivity index (χ1n) is 6.47. The number of aromatic nitrogens is 1. The fourth-order valence-electron chi connectivity index (χ4n) is 2.03. The summed E-state index contributed by atoms with van der Waals surface area (Å²) in [4.78, 5) is 4.35. The number of para-hydroxylation sites is 1. The van der Waals surface area contributed by atoms with Crippen molar-refractivity contribution in [2.45, 2.75) is 20.5 Å². The lowest BCUT2D eigenvalue weighted by atomic mass is 10.1. The topological polar surface area (TPSA) is 61.3 Å². The number of ether oxygens (including phenoxy) is 1. The molecule has 2 aromatic carbocycles. The van der Waals surface area contributed by atoms with E-state index in [0.717, 1.165) is 5.75 Å². The van der Waals surface area contributed by atoms with Crippen LogP contribution in [0.4, 0.5) is 5.69 Å². The molecular formula is C16H16N2O2. The van der Waals surface area contributed by atoms with E-state index in [4.69, 9.17) is 14.9 Å². The molecule has 102 valence electrons. The Bertz CT molecular complexity index is 762. The number of nitrogens with zero attached hydrogens (tertiary/aromatic N) is 1. The number of rotatable bonds is 3. The van der Waals surface area contributed by atoms with Gasteiger partial charge in [-0.05, 0) is 49.2 Å². The Morgan fingerprint density at radius 3 is 2.75 bits per heavy atom. The average molecular weight is 268 g/mol. The van der Waals surface area contributed by atoms with Gasteiger partial charge in [-0.2, -0.15) is 0 Å². The number of hydrogen-bond acceptors (Lipinski definition) is 4. The van der Waals surface area contributed by atoms with Crippen molar-refractivity contribution in [1.82, 2.24) is 4.98 Å². The second kappa shape index (κ2) is 4.89. The van der Waals surface area contributed by atoms with Crippen molar-refractivity contribution in [3.05, 3.63) is 53.4 Å². The Morgan fingerprint density at radius 1 is 1.15 bits per heavy atom. The predicted octanol–water partition coefficient (Wildman–Crippen LogP) is 3.61. The highest BCUT2D eigenvalue weighted by molar-refractivity contribution is 5.85. The molecule has 4 nitrogen and oxygen atoms in total. The SMILES string of the molecule is Cc1ccc(OCc2nc3c(N)cccc3o2)cc1C. The van der Waals surface area contributed by atoms with E-state index in [1.807, 2.05) is 30.3 Å². The maximum absolute atomic E-state index is 5.85. The quantitative estimate of drug-likeness (QED) is 0.737. The molecule has 0 aliphatic carbocycles. The molecule has 0 radical (unpaired) electrons. The number of anilines is 1. The fourth-order valence-corrected chi connectivity index (χ4v) is 2.03. The van der Waals surface area contributed by atoms with Gasteiger partial charge in [-0.3, -0.25) is 0 Å². The summed E-state index contributed by atoms with van der Waals surface area (Å²) in [5, 5.41) is 0. The van der Waals surface area contributed by atoms with Gasteiger partial charge in [-0.25, -0.2) is 4.98 Å². The third-order valence-electron chi connectivity index (χ3n) is 3.34. The van der Waals surface area contributed by atoms with E-state index < -0.39 is 0 Å². The Labute approximate surface area is 117 Å². The first kappa shape index (κ1) is 12.5. The maximum Gasteiger partial charge on any atom is 0.233 e. The molecule has 1 heterocycles. The zero-order valence-electron chi connectivity index (χ0n) is 11.5. The Morgan fingerprint density at radius 2 is 2.00 bits per heavy atom. The molecule has 1 aromatic heterocycles. The van der Waals surface area contributed by atoms with Crippen LogP contribution in [-0.2, 0) is 6.61 Å². The van der Waals surface area contributed by atoms with Crippen LogP contribution in [0.3, 0.4) is 0 Å². The minimum Gasteiger partial charge on any atom is -0.484 e. The van der Waals surface area contributed by atoms with Gasteiger partial charge >= 0.3 is 0 Å². The molecule has 0 unspecified atom stereocenters. The van der Waals surface area contributed by atoms with Crippen molar-refractivity contribution in [2.24, 2.45) is 0 Å². The normalized spacial score (nSPS) is 10.9. The van der Waals surface area contributed by atoms with Gasteiger partial charge < -0.3 is 14.9 Å². The van der Waals surface area contributed by atoms with E-state index in [1.165, 1.54) is 11.1 Å². The highest BCUT2D eigenvalue weighted by Gasteiger charge is 2.08. The van der Waals surface area contributed by atoms with Gasteiger partial charge in [0.2, 0.25) is 5.89 Å². The second-order valence-corrected chi connectivity index (χ2v) is 4.84. The molecule has 0 aliphatic heterocycles. The van der Waals surface area contributed by atoms with Crippen LogP contribution >= 0.6 is 0 Å². The average Bonchev–Trinajstić information content (AvgIpc) is 2.85. The molecule has 4 heteroatoms. The second-order valence-electron chi connectivity index (χ2n) is 4.84. The molecule has 0 spiro atoms. The summed E-state index contributed by atoms with van der Waals surface area (Å²) >= 11 is 0. The van der Waals surface area contributed by atoms with Crippen LogP contribution in [0, 0.1) is 13.8 Å². The molecular weight excluding hydrogens is 252 g/mol. The van der Waals surface area contributed by atoms with E-state index in [9.17, 15) is 0 Å². The summed E-state index contributed by atoms with van der Waals surface area (Å²) in [6, 6.07) is 11.5. The third-order valence-corrected chi connectivity index (χ3v) is 3.34. The molecule has 20 heavy (non-hydrogen) atoms. The smallest absolute Gasteiger partial charge is 0.233 e. The van der Waals surface area contributed by atoms with E-state index in [2.05, 4.69) is 18.8 Å². The van der Waals surface area contributed by atoms with E-state index in [0.29, 0.717) is 22.7 Å². The molecule has 0 atom stereocenters. The minimum atomic E-state index is 0.288. The van der Waals surface area contributed by atoms with Crippen molar-refractivity contribution in [2.75, 3.05) is 5.73 Å². The lowest BCUT2D eigenvalue weighted by Crippen LogP contribution is -1.96. The van der Waals surface area contributed by atoms with Crippen LogP contribution in [0.2, 0.25) is 0 Å². The summed E-state index contributed by atoms with van der Waals surface area (Å²) < 4.78 is 11.3. The molecule has 0 amide bonds. The number of nitrogen functional groups attached to an aromatic ring is 1. The summed E-state index contributed by atoms with van der Waals surface area (Å²) in [7, 11) is 0. The number of fused-ring (bicyclic) bond motifs is 1. The summed E-state index contributed by atoms with van der Waals surface area (Å²) in [6.45, 7) is 4.42. The van der Waals surface area contributed by atoms with E-state index >= 15 is 0 Å². The van der Waals surface area contributed by atoms with Crippen LogP contribution in [0.25, 0.3) is 11.1 Å². The fraction of sp³-hybridized carbons (Fsp3) is 0.188. The van der Waals surface area contributed by atoms with Crippen LogP contribution in [0.1, 0.15) is 17.0 Å². The molecule has 0 saturated carbocycles. The van der Waals surface area contributed by atoms with Crippen molar-refractivity contribution in [3.63, 3.8) is 0 Å². The molecule has 3 rings (SSSR count). The van der Waals surface area contributed by atoms with Crippen molar-refractivity contribution < 1.29 is 9.15 Å². The van der Waals surface area contributed by atoms with Gasteiger partial charge in [-0.15, -0.1) is 0 Å². The molecule has 0 fully saturated rings. The largest absolute Gasteiger partial charge is 0.484 e. The third kappa shape index (κ3) is 2.32. The molecule has 0 aliphatic rings. The molecule has 0 bridgehead atoms. The van der Waals surface area contributed by atoms with E-state index in [-0.39, 0.29) is 6.61 Å². The summed E-state index contributed by atoms with van der Waals surface area (Å²) in [5.41, 5.74) is 10.3. The first-order valence-corrected chi connectivity index (χ1v) is 6.47. The number of oxazole rings is 1. The lowest BCUT2D eigenvalue weighted by molar-refractivity contribution is 0.267. The van der Waals surface area contributed by atoms with Gasteiger partial charge in [0.25, 0.3) is 0 Å². The lowest BCUT2D eigenvalue weighted by Gasteiger charge is -2.06. The monoisotopic (exact) mass is 268 g/mol. The standard InChI is InChI=1S/C16H16N2O2/c1-10-6-7-12(8-11(10)2)19-9-15-18-16-13(17)4-3-5-14(16)20-15/h3-8H,9,17H2,1-2H3. The van der Waals surface area contributed by atoms with Crippen LogP contribution in [0.5, 0.6) is 5.75 Å². The first-order chi connectivity index (χ1) is 9.63. The predicted molar refractivity (Wildman–Crippen MR) is 78.7 cm³/mol. The number of nitrogens with two attached hydrogens (primary N) is 1. The van der Waals surface area contributed by atoms with Crippen molar-refractivity contribution in [1.29, 1.82) is 0 Å². The van der Waals surface area contributed by atoms with Crippen LogP contribution in [0.15, 0.2) is 40.8 Å². The number of aryl methyl sites for hydroxylation is 2. The Kier molecular flexibility index (Phi) is 3.06. The summed E-state index contributed by atoms with van der Waals surface area (Å²) in [6.07, 6.45) is 0. The minimum absolute atomic E-state index is 0.288.